The molecule has 0 aromatic rings. The van der Waals surface area contributed by atoms with Crippen molar-refractivity contribution < 1.29 is 0 Å². The van der Waals surface area contributed by atoms with Gasteiger partial charge in [-0.15, -0.1) is 0 Å². The lowest BCUT2D eigenvalue weighted by atomic mass is 10.0. The molecule has 0 radical (unpaired) electrons. The summed E-state index contributed by atoms with van der Waals surface area (Å²) in [6.45, 7) is 5.65. The summed E-state index contributed by atoms with van der Waals surface area (Å²) < 4.78 is 0. The Hall–Kier alpha value is -0.0800. The smallest absolute Gasteiger partial charge is 0.00510 e. The molecule has 13 heavy (non-hydrogen) atoms. The van der Waals surface area contributed by atoms with Crippen molar-refractivity contribution in [2.24, 2.45) is 11.7 Å². The van der Waals surface area contributed by atoms with Crippen LogP contribution in [0.25, 0.3) is 0 Å². The van der Waals surface area contributed by atoms with Crippen LogP contribution >= 0.6 is 0 Å². The maximum Gasteiger partial charge on any atom is 0.00510 e. The van der Waals surface area contributed by atoms with Crippen molar-refractivity contribution in [1.29, 1.82) is 0 Å². The van der Waals surface area contributed by atoms with Gasteiger partial charge in [0.1, 0.15) is 0 Å². The molecule has 0 saturated heterocycles. The Balaban J connectivity index is 3.25. The Bertz CT molecular complexity index is 111. The molecule has 0 saturated carbocycles. The third-order valence-electron chi connectivity index (χ3n) is 2.30. The molecular formula is C11H26N2. The van der Waals surface area contributed by atoms with E-state index in [2.05, 4.69) is 32.8 Å². The summed E-state index contributed by atoms with van der Waals surface area (Å²) in [6.07, 6.45) is 4.92. The lowest BCUT2D eigenvalue weighted by molar-refractivity contribution is 0.368. The Labute approximate surface area is 83.5 Å². The van der Waals surface area contributed by atoms with Crippen molar-refractivity contribution in [1.82, 2.24) is 4.90 Å². The van der Waals surface area contributed by atoms with Gasteiger partial charge in [0.05, 0.1) is 0 Å². The fraction of sp³-hybridized carbons (Fsp3) is 1.00. The SMILES string of the molecule is CC(C)CCCC(N)CCN(C)C. The van der Waals surface area contributed by atoms with Crippen LogP contribution in [0.2, 0.25) is 0 Å². The van der Waals surface area contributed by atoms with Crippen LogP contribution in [0.3, 0.4) is 0 Å². The van der Waals surface area contributed by atoms with E-state index in [4.69, 9.17) is 5.73 Å². The molecule has 2 N–H and O–H groups in total. The second-order valence-corrected chi connectivity index (χ2v) is 4.68. The third kappa shape index (κ3) is 9.84. The molecule has 0 heterocycles. The molecule has 0 spiro atoms. The van der Waals surface area contributed by atoms with E-state index in [1.807, 2.05) is 0 Å². The van der Waals surface area contributed by atoms with Gasteiger partial charge in [-0.05, 0) is 39.4 Å². The van der Waals surface area contributed by atoms with Crippen molar-refractivity contribution >= 4 is 0 Å². The molecule has 80 valence electrons. The first-order valence-electron chi connectivity index (χ1n) is 5.42. The average Bonchev–Trinajstić information content (AvgIpc) is 2.00. The second-order valence-electron chi connectivity index (χ2n) is 4.68. The highest BCUT2D eigenvalue weighted by Gasteiger charge is 2.03. The summed E-state index contributed by atoms with van der Waals surface area (Å²) in [6, 6.07) is 0.404. The first kappa shape index (κ1) is 12.9. The Morgan fingerprint density at radius 1 is 1.08 bits per heavy atom. The van der Waals surface area contributed by atoms with E-state index in [1.165, 1.54) is 19.3 Å². The monoisotopic (exact) mass is 186 g/mol. The predicted octanol–water partition coefficient (Wildman–Crippen LogP) is 2.09. The van der Waals surface area contributed by atoms with Crippen LogP contribution in [0.5, 0.6) is 0 Å². The molecule has 0 amide bonds. The third-order valence-corrected chi connectivity index (χ3v) is 2.30. The van der Waals surface area contributed by atoms with Crippen molar-refractivity contribution in [2.75, 3.05) is 20.6 Å². The zero-order valence-electron chi connectivity index (χ0n) is 9.71. The standard InChI is InChI=1S/C11H26N2/c1-10(2)6-5-7-11(12)8-9-13(3)4/h10-11H,5-9,12H2,1-4H3. The average molecular weight is 186 g/mol. The van der Waals surface area contributed by atoms with E-state index in [-0.39, 0.29) is 0 Å². The van der Waals surface area contributed by atoms with Crippen molar-refractivity contribution in [2.45, 2.75) is 45.6 Å². The molecule has 0 aromatic heterocycles. The summed E-state index contributed by atoms with van der Waals surface area (Å²) in [5, 5.41) is 0. The van der Waals surface area contributed by atoms with Crippen LogP contribution in [0.15, 0.2) is 0 Å². The van der Waals surface area contributed by atoms with Gasteiger partial charge in [0.15, 0.2) is 0 Å². The molecule has 1 atom stereocenters. The lowest BCUT2D eigenvalue weighted by Gasteiger charge is -2.15. The topological polar surface area (TPSA) is 29.3 Å². The normalized spacial score (nSPS) is 14.1. The fourth-order valence-corrected chi connectivity index (χ4v) is 1.36. The minimum atomic E-state index is 0.404. The van der Waals surface area contributed by atoms with Crippen LogP contribution < -0.4 is 5.73 Å². The minimum Gasteiger partial charge on any atom is -0.328 e. The predicted molar refractivity (Wildman–Crippen MR) is 59.8 cm³/mol. The highest BCUT2D eigenvalue weighted by Crippen LogP contribution is 2.08. The Morgan fingerprint density at radius 2 is 1.69 bits per heavy atom. The largest absolute Gasteiger partial charge is 0.328 e. The zero-order chi connectivity index (χ0) is 10.3. The van der Waals surface area contributed by atoms with Gasteiger partial charge < -0.3 is 10.6 Å². The molecule has 0 aliphatic carbocycles. The molecule has 0 aliphatic rings. The van der Waals surface area contributed by atoms with Gasteiger partial charge in [-0.1, -0.05) is 26.7 Å². The van der Waals surface area contributed by atoms with Gasteiger partial charge in [0.2, 0.25) is 0 Å². The van der Waals surface area contributed by atoms with Gasteiger partial charge in [0, 0.05) is 6.04 Å². The summed E-state index contributed by atoms with van der Waals surface area (Å²) >= 11 is 0. The van der Waals surface area contributed by atoms with Crippen LogP contribution in [-0.4, -0.2) is 31.6 Å². The van der Waals surface area contributed by atoms with Gasteiger partial charge in [-0.3, -0.25) is 0 Å². The number of nitrogens with two attached hydrogens (primary N) is 1. The highest BCUT2D eigenvalue weighted by molar-refractivity contribution is 4.63. The highest BCUT2D eigenvalue weighted by atomic mass is 15.0. The van der Waals surface area contributed by atoms with Crippen LogP contribution in [0, 0.1) is 5.92 Å². The van der Waals surface area contributed by atoms with E-state index in [9.17, 15) is 0 Å². The van der Waals surface area contributed by atoms with Crippen molar-refractivity contribution in [3.8, 4) is 0 Å². The minimum absolute atomic E-state index is 0.404. The van der Waals surface area contributed by atoms with Crippen molar-refractivity contribution in [3.05, 3.63) is 0 Å². The lowest BCUT2D eigenvalue weighted by Crippen LogP contribution is -2.26. The number of hydrogen-bond acceptors (Lipinski definition) is 2. The van der Waals surface area contributed by atoms with E-state index in [0.717, 1.165) is 18.9 Å². The molecule has 2 heteroatoms. The van der Waals surface area contributed by atoms with Gasteiger partial charge in [-0.2, -0.15) is 0 Å². The number of nitrogens with zero attached hydrogens (tertiary/aromatic N) is 1. The molecule has 0 fully saturated rings. The quantitative estimate of drug-likeness (QED) is 0.659. The zero-order valence-corrected chi connectivity index (χ0v) is 9.71. The van der Waals surface area contributed by atoms with Crippen LogP contribution in [-0.2, 0) is 0 Å². The van der Waals surface area contributed by atoms with Gasteiger partial charge in [-0.25, -0.2) is 0 Å². The van der Waals surface area contributed by atoms with E-state index in [1.54, 1.807) is 0 Å². The fourth-order valence-electron chi connectivity index (χ4n) is 1.36. The molecule has 0 aliphatic heterocycles. The first-order chi connectivity index (χ1) is 6.02. The maximum atomic E-state index is 5.98. The summed E-state index contributed by atoms with van der Waals surface area (Å²) in [5.41, 5.74) is 5.98. The van der Waals surface area contributed by atoms with Crippen LogP contribution in [0.1, 0.15) is 39.5 Å². The molecule has 1 unspecified atom stereocenters. The van der Waals surface area contributed by atoms with Gasteiger partial charge in [0.25, 0.3) is 0 Å². The molecule has 0 bridgehead atoms. The van der Waals surface area contributed by atoms with Crippen molar-refractivity contribution in [3.63, 3.8) is 0 Å². The number of hydrogen-bond donors (Lipinski definition) is 1. The first-order valence-corrected chi connectivity index (χ1v) is 5.42. The second kappa shape index (κ2) is 7.34. The van der Waals surface area contributed by atoms with Crippen LogP contribution in [0.4, 0.5) is 0 Å². The van der Waals surface area contributed by atoms with E-state index in [0.29, 0.717) is 6.04 Å². The molecule has 0 rings (SSSR count). The molecule has 0 aromatic carbocycles. The maximum absolute atomic E-state index is 5.98. The van der Waals surface area contributed by atoms with Gasteiger partial charge >= 0.3 is 0 Å². The van der Waals surface area contributed by atoms with E-state index < -0.39 is 0 Å². The summed E-state index contributed by atoms with van der Waals surface area (Å²) in [7, 11) is 4.20. The summed E-state index contributed by atoms with van der Waals surface area (Å²) in [4.78, 5) is 2.20. The Morgan fingerprint density at radius 3 is 2.15 bits per heavy atom. The molecule has 2 nitrogen and oxygen atoms in total. The van der Waals surface area contributed by atoms with E-state index >= 15 is 0 Å². The molecular weight excluding hydrogens is 160 g/mol. The Kier molecular flexibility index (Phi) is 7.29. The number of rotatable bonds is 7. The summed E-state index contributed by atoms with van der Waals surface area (Å²) in [5.74, 6) is 0.820.